The van der Waals surface area contributed by atoms with Crippen LogP contribution in [-0.4, -0.2) is 11.7 Å². The van der Waals surface area contributed by atoms with Crippen molar-refractivity contribution in [1.82, 2.24) is 0 Å². The molecule has 0 amide bonds. The van der Waals surface area contributed by atoms with Gasteiger partial charge in [0.1, 0.15) is 17.7 Å². The molecule has 1 N–H and O–H groups in total. The van der Waals surface area contributed by atoms with Crippen LogP contribution in [-0.2, 0) is 0 Å². The summed E-state index contributed by atoms with van der Waals surface area (Å²) in [5, 5.41) is 10.4. The Hall–Kier alpha value is -1.10. The van der Waals surface area contributed by atoms with Crippen molar-refractivity contribution >= 4 is 27.5 Å². The van der Waals surface area contributed by atoms with E-state index in [4.69, 9.17) is 16.3 Å². The first kappa shape index (κ1) is 15.3. The van der Waals surface area contributed by atoms with Crippen LogP contribution >= 0.6 is 27.5 Å². The van der Waals surface area contributed by atoms with Crippen LogP contribution in [0, 0.1) is 5.82 Å². The van der Waals surface area contributed by atoms with Crippen LogP contribution in [0.3, 0.4) is 0 Å². The molecule has 5 heteroatoms. The third kappa shape index (κ3) is 3.32. The zero-order valence-corrected chi connectivity index (χ0v) is 13.1. The van der Waals surface area contributed by atoms with Crippen molar-refractivity contribution in [1.29, 1.82) is 0 Å². The van der Waals surface area contributed by atoms with Crippen LogP contribution in [0.4, 0.5) is 4.39 Å². The topological polar surface area (TPSA) is 29.5 Å². The molecule has 0 aliphatic rings. The highest BCUT2D eigenvalue weighted by atomic mass is 79.9. The zero-order valence-electron chi connectivity index (χ0n) is 10.7. The summed E-state index contributed by atoms with van der Waals surface area (Å²) in [4.78, 5) is 0. The Morgan fingerprint density at radius 1 is 1.30 bits per heavy atom. The molecule has 2 nitrogen and oxygen atoms in total. The van der Waals surface area contributed by atoms with Crippen molar-refractivity contribution in [3.63, 3.8) is 0 Å². The van der Waals surface area contributed by atoms with Gasteiger partial charge in [-0.2, -0.15) is 0 Å². The molecule has 2 rings (SSSR count). The number of aliphatic hydroxyl groups is 1. The highest BCUT2D eigenvalue weighted by Gasteiger charge is 2.16. The van der Waals surface area contributed by atoms with E-state index < -0.39 is 11.9 Å². The third-order valence-electron chi connectivity index (χ3n) is 2.84. The predicted octanol–water partition coefficient (Wildman–Crippen LogP) is 4.72. The van der Waals surface area contributed by atoms with Crippen molar-refractivity contribution in [2.75, 3.05) is 6.61 Å². The van der Waals surface area contributed by atoms with Gasteiger partial charge in [-0.1, -0.05) is 39.7 Å². The number of aliphatic hydroxyl groups excluding tert-OH is 1. The monoisotopic (exact) mass is 358 g/mol. The van der Waals surface area contributed by atoms with Crippen LogP contribution < -0.4 is 4.74 Å². The average molecular weight is 360 g/mol. The molecule has 2 aromatic rings. The Labute approximate surface area is 130 Å². The molecule has 0 spiro atoms. The van der Waals surface area contributed by atoms with Gasteiger partial charge in [-0.3, -0.25) is 0 Å². The Bertz CT molecular complexity index is 619. The fraction of sp³-hybridized carbons (Fsp3) is 0.200. The molecule has 0 heterocycles. The van der Waals surface area contributed by atoms with Crippen molar-refractivity contribution in [2.24, 2.45) is 0 Å². The van der Waals surface area contributed by atoms with Gasteiger partial charge in [-0.15, -0.1) is 0 Å². The normalized spacial score (nSPS) is 12.2. The van der Waals surface area contributed by atoms with E-state index >= 15 is 0 Å². The smallest absolute Gasteiger partial charge is 0.142 e. The minimum Gasteiger partial charge on any atom is -0.494 e. The maximum Gasteiger partial charge on any atom is 0.142 e. The maximum atomic E-state index is 13.4. The fourth-order valence-electron chi connectivity index (χ4n) is 1.85. The lowest BCUT2D eigenvalue weighted by Gasteiger charge is -2.15. The van der Waals surface area contributed by atoms with Gasteiger partial charge < -0.3 is 9.84 Å². The van der Waals surface area contributed by atoms with Crippen molar-refractivity contribution in [3.8, 4) is 5.75 Å². The molecular formula is C15H13BrClFO2. The van der Waals surface area contributed by atoms with E-state index in [0.717, 1.165) is 0 Å². The van der Waals surface area contributed by atoms with E-state index in [1.165, 1.54) is 12.1 Å². The number of hydrogen-bond donors (Lipinski definition) is 1. The summed E-state index contributed by atoms with van der Waals surface area (Å²) in [6, 6.07) is 9.53. The van der Waals surface area contributed by atoms with Gasteiger partial charge in [0, 0.05) is 4.47 Å². The predicted molar refractivity (Wildman–Crippen MR) is 80.8 cm³/mol. The van der Waals surface area contributed by atoms with Gasteiger partial charge in [0.15, 0.2) is 0 Å². The van der Waals surface area contributed by atoms with Gasteiger partial charge in [0.2, 0.25) is 0 Å². The maximum absolute atomic E-state index is 13.4. The average Bonchev–Trinajstić information content (AvgIpc) is 2.42. The van der Waals surface area contributed by atoms with E-state index in [2.05, 4.69) is 15.9 Å². The lowest BCUT2D eigenvalue weighted by molar-refractivity contribution is 0.219. The van der Waals surface area contributed by atoms with E-state index in [1.54, 1.807) is 24.3 Å². The molecular weight excluding hydrogens is 347 g/mol. The second-order valence-corrected chi connectivity index (χ2v) is 5.45. The zero-order chi connectivity index (χ0) is 14.7. The van der Waals surface area contributed by atoms with Crippen molar-refractivity contribution < 1.29 is 14.2 Å². The molecule has 0 aromatic heterocycles. The molecule has 0 saturated carbocycles. The summed E-state index contributed by atoms with van der Waals surface area (Å²) < 4.78 is 19.5. The summed E-state index contributed by atoms with van der Waals surface area (Å²) in [6.45, 7) is 2.46. The molecule has 0 radical (unpaired) electrons. The number of hydrogen-bond acceptors (Lipinski definition) is 2. The summed E-state index contributed by atoms with van der Waals surface area (Å²) >= 11 is 9.02. The van der Waals surface area contributed by atoms with E-state index in [9.17, 15) is 9.50 Å². The van der Waals surface area contributed by atoms with Gasteiger partial charge >= 0.3 is 0 Å². The van der Waals surface area contributed by atoms with Gasteiger partial charge in [-0.05, 0) is 42.3 Å². The van der Waals surface area contributed by atoms with Gasteiger partial charge in [-0.25, -0.2) is 4.39 Å². The second-order valence-electron chi connectivity index (χ2n) is 4.19. The van der Waals surface area contributed by atoms with Gasteiger partial charge in [0.05, 0.1) is 11.6 Å². The van der Waals surface area contributed by atoms with Crippen LogP contribution in [0.5, 0.6) is 5.75 Å². The largest absolute Gasteiger partial charge is 0.494 e. The minimum atomic E-state index is -0.938. The SMILES string of the molecule is CCOc1ccc(C(O)c2ccc(Cl)c(F)c2)c(Br)c1. The van der Waals surface area contributed by atoms with E-state index in [0.29, 0.717) is 28.0 Å². The molecule has 1 atom stereocenters. The van der Waals surface area contributed by atoms with Crippen molar-refractivity contribution in [3.05, 3.63) is 62.8 Å². The fourth-order valence-corrected chi connectivity index (χ4v) is 2.54. The molecule has 1 unspecified atom stereocenters. The molecule has 0 aliphatic carbocycles. The Balaban J connectivity index is 2.32. The molecule has 2 aromatic carbocycles. The summed E-state index contributed by atoms with van der Waals surface area (Å²) in [5.41, 5.74) is 1.08. The first-order valence-electron chi connectivity index (χ1n) is 6.08. The molecule has 0 bridgehead atoms. The first-order valence-corrected chi connectivity index (χ1v) is 7.25. The van der Waals surface area contributed by atoms with Crippen LogP contribution in [0.25, 0.3) is 0 Å². The molecule has 106 valence electrons. The highest BCUT2D eigenvalue weighted by Crippen LogP contribution is 2.32. The number of rotatable bonds is 4. The number of ether oxygens (including phenoxy) is 1. The highest BCUT2D eigenvalue weighted by molar-refractivity contribution is 9.10. The Morgan fingerprint density at radius 3 is 2.65 bits per heavy atom. The lowest BCUT2D eigenvalue weighted by atomic mass is 10.0. The first-order chi connectivity index (χ1) is 9.52. The molecule has 0 saturated heterocycles. The van der Waals surface area contributed by atoms with Crippen molar-refractivity contribution in [2.45, 2.75) is 13.0 Å². The van der Waals surface area contributed by atoms with E-state index in [-0.39, 0.29) is 5.02 Å². The quantitative estimate of drug-likeness (QED) is 0.856. The van der Waals surface area contributed by atoms with E-state index in [1.807, 2.05) is 6.92 Å². The molecule has 0 aliphatic heterocycles. The summed E-state index contributed by atoms with van der Waals surface area (Å²) in [7, 11) is 0. The second kappa shape index (κ2) is 6.57. The van der Waals surface area contributed by atoms with Crippen LogP contribution in [0.2, 0.25) is 5.02 Å². The van der Waals surface area contributed by atoms with Crippen LogP contribution in [0.1, 0.15) is 24.2 Å². The summed E-state index contributed by atoms with van der Waals surface area (Å²) in [5.74, 6) is 0.155. The minimum absolute atomic E-state index is 0.0340. The third-order valence-corrected chi connectivity index (χ3v) is 3.83. The summed E-state index contributed by atoms with van der Waals surface area (Å²) in [6.07, 6.45) is -0.938. The van der Waals surface area contributed by atoms with Crippen LogP contribution in [0.15, 0.2) is 40.9 Å². The lowest BCUT2D eigenvalue weighted by Crippen LogP contribution is -2.02. The number of benzene rings is 2. The Morgan fingerprint density at radius 2 is 2.05 bits per heavy atom. The molecule has 0 fully saturated rings. The van der Waals surface area contributed by atoms with Gasteiger partial charge in [0.25, 0.3) is 0 Å². The Kier molecular flexibility index (Phi) is 5.02. The number of halogens is 3. The molecule has 20 heavy (non-hydrogen) atoms. The standard InChI is InChI=1S/C15H13BrClFO2/c1-2-20-10-4-5-11(12(16)8-10)15(19)9-3-6-13(17)14(18)7-9/h3-8,15,19H,2H2,1H3.